The molecule has 0 saturated carbocycles. The zero-order valence-corrected chi connectivity index (χ0v) is 23.1. The fourth-order valence-electron chi connectivity index (χ4n) is 4.09. The molecule has 3 rings (SSSR count). The Morgan fingerprint density at radius 2 is 1.94 bits per heavy atom. The molecule has 2 aromatic rings. The van der Waals surface area contributed by atoms with Gasteiger partial charge in [-0.05, 0) is 63.0 Å². The van der Waals surface area contributed by atoms with E-state index in [2.05, 4.69) is 71.1 Å². The third-order valence-electron chi connectivity index (χ3n) is 7.55. The van der Waals surface area contributed by atoms with Crippen LogP contribution in [0.5, 0.6) is 0 Å². The summed E-state index contributed by atoms with van der Waals surface area (Å²) >= 11 is 0. The summed E-state index contributed by atoms with van der Waals surface area (Å²) < 4.78 is 17.6. The van der Waals surface area contributed by atoms with Crippen LogP contribution in [0.2, 0.25) is 18.1 Å². The van der Waals surface area contributed by atoms with Crippen LogP contribution in [0.15, 0.2) is 36.4 Å². The molecule has 0 amide bonds. The second-order valence-electron chi connectivity index (χ2n) is 11.1. The van der Waals surface area contributed by atoms with Crippen LogP contribution in [-0.2, 0) is 18.7 Å². The molecule has 1 aliphatic heterocycles. The standard InChI is InChI=1S/C28H41NO4Si/c1-9-32-26(30)28(6,23-15-17-31-19-23)16-14-21-10-11-22-12-13-24(29-25(22)18-21)20(2)33-34(7,8)27(3,4)5/h10-14,16,18,20,23H,9,15,17,19H2,1-8H3/b16-14+/t20-,23?,28?/m1/s1. The van der Waals surface area contributed by atoms with Crippen molar-refractivity contribution < 1.29 is 18.7 Å². The van der Waals surface area contributed by atoms with E-state index in [0.29, 0.717) is 19.8 Å². The zero-order valence-electron chi connectivity index (χ0n) is 22.1. The Bertz CT molecular complexity index is 1040. The van der Waals surface area contributed by atoms with Gasteiger partial charge in [-0.2, -0.15) is 0 Å². The van der Waals surface area contributed by atoms with Gasteiger partial charge in [0.25, 0.3) is 0 Å². The van der Waals surface area contributed by atoms with Gasteiger partial charge in [0.15, 0.2) is 8.32 Å². The summed E-state index contributed by atoms with van der Waals surface area (Å²) in [5, 5.41) is 1.23. The minimum Gasteiger partial charge on any atom is -0.465 e. The minimum atomic E-state index is -1.90. The summed E-state index contributed by atoms with van der Waals surface area (Å²) in [6.45, 7) is 18.8. The highest BCUT2D eigenvalue weighted by Gasteiger charge is 2.42. The van der Waals surface area contributed by atoms with Crippen LogP contribution in [0.25, 0.3) is 17.0 Å². The molecule has 1 aliphatic rings. The second kappa shape index (κ2) is 10.3. The first-order valence-electron chi connectivity index (χ1n) is 12.4. The molecule has 0 N–H and O–H groups in total. The molecule has 2 unspecified atom stereocenters. The Balaban J connectivity index is 1.87. The van der Waals surface area contributed by atoms with Crippen molar-refractivity contribution in [3.63, 3.8) is 0 Å². The van der Waals surface area contributed by atoms with E-state index in [1.807, 2.05) is 26.0 Å². The van der Waals surface area contributed by atoms with Gasteiger partial charge in [-0.15, -0.1) is 0 Å². The van der Waals surface area contributed by atoms with Crippen LogP contribution in [0.4, 0.5) is 0 Å². The molecule has 1 aromatic heterocycles. The number of carbonyl (C=O) groups excluding carboxylic acids is 1. The van der Waals surface area contributed by atoms with Crippen molar-refractivity contribution in [1.82, 2.24) is 4.98 Å². The van der Waals surface area contributed by atoms with Crippen LogP contribution in [0.1, 0.15) is 65.3 Å². The first kappa shape index (κ1) is 26.6. The first-order valence-corrected chi connectivity index (χ1v) is 15.3. The topological polar surface area (TPSA) is 57.7 Å². The van der Waals surface area contributed by atoms with Crippen molar-refractivity contribution >= 4 is 31.3 Å². The lowest BCUT2D eigenvalue weighted by molar-refractivity contribution is -0.154. The summed E-state index contributed by atoms with van der Waals surface area (Å²) in [6, 6.07) is 10.4. The number of esters is 1. The molecule has 186 valence electrons. The summed E-state index contributed by atoms with van der Waals surface area (Å²) in [6.07, 6.45) is 4.78. The van der Waals surface area contributed by atoms with Gasteiger partial charge in [-0.3, -0.25) is 9.78 Å². The third-order valence-corrected chi connectivity index (χ3v) is 12.1. The number of hydrogen-bond donors (Lipinski definition) is 0. The maximum Gasteiger partial charge on any atom is 0.316 e. The molecule has 0 radical (unpaired) electrons. The van der Waals surface area contributed by atoms with Crippen molar-refractivity contribution in [1.29, 1.82) is 0 Å². The molecule has 0 aliphatic carbocycles. The molecule has 3 atom stereocenters. The maximum atomic E-state index is 12.8. The van der Waals surface area contributed by atoms with Crippen LogP contribution >= 0.6 is 0 Å². The predicted molar refractivity (Wildman–Crippen MR) is 141 cm³/mol. The average molecular weight is 484 g/mol. The number of pyridine rings is 1. The van der Waals surface area contributed by atoms with Crippen LogP contribution in [0, 0.1) is 11.3 Å². The smallest absolute Gasteiger partial charge is 0.316 e. The molecule has 6 heteroatoms. The number of benzene rings is 1. The largest absolute Gasteiger partial charge is 0.465 e. The van der Waals surface area contributed by atoms with Crippen molar-refractivity contribution in [3.05, 3.63) is 47.7 Å². The van der Waals surface area contributed by atoms with E-state index in [1.54, 1.807) is 0 Å². The zero-order chi connectivity index (χ0) is 25.1. The first-order chi connectivity index (χ1) is 15.9. The quantitative estimate of drug-likeness (QED) is 0.301. The summed E-state index contributed by atoms with van der Waals surface area (Å²) in [5.41, 5.74) is 2.15. The highest BCUT2D eigenvalue weighted by molar-refractivity contribution is 6.74. The Morgan fingerprint density at radius 1 is 1.24 bits per heavy atom. The summed E-state index contributed by atoms with van der Waals surface area (Å²) in [4.78, 5) is 17.8. The van der Waals surface area contributed by atoms with E-state index in [0.717, 1.165) is 28.6 Å². The fraction of sp³-hybridized carbons (Fsp3) is 0.571. The minimum absolute atomic E-state index is 0.0704. The lowest BCUT2D eigenvalue weighted by atomic mass is 9.76. The number of carbonyl (C=O) groups is 1. The molecule has 34 heavy (non-hydrogen) atoms. The second-order valence-corrected chi connectivity index (χ2v) is 15.9. The van der Waals surface area contributed by atoms with Crippen LogP contribution in [-0.4, -0.2) is 39.1 Å². The number of fused-ring (bicyclic) bond motifs is 1. The van der Waals surface area contributed by atoms with E-state index < -0.39 is 13.7 Å². The number of hydrogen-bond acceptors (Lipinski definition) is 5. The van der Waals surface area contributed by atoms with Gasteiger partial charge >= 0.3 is 5.97 Å². The maximum absolute atomic E-state index is 12.8. The molecule has 2 heterocycles. The Morgan fingerprint density at radius 3 is 2.56 bits per heavy atom. The fourth-order valence-corrected chi connectivity index (χ4v) is 5.45. The highest BCUT2D eigenvalue weighted by Crippen LogP contribution is 2.40. The summed E-state index contributed by atoms with van der Waals surface area (Å²) in [5.74, 6) is -0.0825. The van der Waals surface area contributed by atoms with Crippen molar-refractivity contribution in [2.24, 2.45) is 11.3 Å². The van der Waals surface area contributed by atoms with Crippen molar-refractivity contribution in [3.8, 4) is 0 Å². The Hall–Kier alpha value is -2.02. The van der Waals surface area contributed by atoms with Gasteiger partial charge in [0.05, 0.1) is 35.9 Å². The molecule has 0 bridgehead atoms. The van der Waals surface area contributed by atoms with Gasteiger partial charge in [-0.25, -0.2) is 0 Å². The molecule has 0 spiro atoms. The number of nitrogens with zero attached hydrogens (tertiary/aromatic N) is 1. The third kappa shape index (κ3) is 5.78. The number of aromatic nitrogens is 1. The normalized spacial score (nSPS) is 19.9. The van der Waals surface area contributed by atoms with Crippen LogP contribution < -0.4 is 0 Å². The van der Waals surface area contributed by atoms with E-state index in [-0.39, 0.29) is 23.0 Å². The van der Waals surface area contributed by atoms with Gasteiger partial charge < -0.3 is 13.9 Å². The average Bonchev–Trinajstić information content (AvgIpc) is 3.31. The lowest BCUT2D eigenvalue weighted by Crippen LogP contribution is -2.41. The number of ether oxygens (including phenoxy) is 2. The molecule has 1 aromatic carbocycles. The Labute approximate surface area is 206 Å². The molecule has 5 nitrogen and oxygen atoms in total. The van der Waals surface area contributed by atoms with Crippen molar-refractivity contribution in [2.45, 2.75) is 72.2 Å². The van der Waals surface area contributed by atoms with E-state index in [1.165, 1.54) is 0 Å². The molecular weight excluding hydrogens is 442 g/mol. The Kier molecular flexibility index (Phi) is 8.05. The van der Waals surface area contributed by atoms with E-state index >= 15 is 0 Å². The van der Waals surface area contributed by atoms with Gasteiger partial charge in [0.2, 0.25) is 0 Å². The molecule has 1 saturated heterocycles. The van der Waals surface area contributed by atoms with Crippen LogP contribution in [0.3, 0.4) is 0 Å². The molecular formula is C28H41NO4Si. The van der Waals surface area contributed by atoms with Gasteiger partial charge in [-0.1, -0.05) is 51.1 Å². The highest BCUT2D eigenvalue weighted by atomic mass is 28.4. The van der Waals surface area contributed by atoms with Crippen molar-refractivity contribution in [2.75, 3.05) is 19.8 Å². The monoisotopic (exact) mass is 483 g/mol. The molecule has 1 fully saturated rings. The van der Waals surface area contributed by atoms with E-state index in [9.17, 15) is 4.79 Å². The van der Waals surface area contributed by atoms with Gasteiger partial charge in [0, 0.05) is 17.9 Å². The SMILES string of the molecule is CCOC(=O)C(C)(/C=C/c1ccc2ccc([C@@H](C)O[Si](C)(C)C(C)(C)C)nc2c1)C1CCOC1. The summed E-state index contributed by atoms with van der Waals surface area (Å²) in [7, 11) is -1.90. The number of rotatable bonds is 8. The van der Waals surface area contributed by atoms with E-state index in [4.69, 9.17) is 18.9 Å². The lowest BCUT2D eigenvalue weighted by Gasteiger charge is -2.38. The predicted octanol–water partition coefficient (Wildman–Crippen LogP) is 6.94. The van der Waals surface area contributed by atoms with Gasteiger partial charge in [0.1, 0.15) is 0 Å².